The van der Waals surface area contributed by atoms with Gasteiger partial charge in [0.2, 0.25) is 0 Å². The van der Waals surface area contributed by atoms with E-state index in [9.17, 15) is 0 Å². The van der Waals surface area contributed by atoms with Crippen molar-refractivity contribution >= 4 is 0 Å². The first kappa shape index (κ1) is 17.1. The fourth-order valence-electron chi connectivity index (χ4n) is 2.21. The van der Waals surface area contributed by atoms with Gasteiger partial charge in [-0.15, -0.1) is 0 Å². The van der Waals surface area contributed by atoms with Crippen molar-refractivity contribution in [2.75, 3.05) is 53.6 Å². The normalized spacial score (nSPS) is 12.8. The fourth-order valence-corrected chi connectivity index (χ4v) is 2.21. The van der Waals surface area contributed by atoms with Gasteiger partial charge < -0.3 is 14.8 Å². The predicted molar refractivity (Wildman–Crippen MR) is 83.1 cm³/mol. The summed E-state index contributed by atoms with van der Waals surface area (Å²) in [6.07, 6.45) is 0. The molecule has 0 aliphatic heterocycles. The summed E-state index contributed by atoms with van der Waals surface area (Å²) < 4.78 is 10.4. The quantitative estimate of drug-likeness (QED) is 0.671. The van der Waals surface area contributed by atoms with Gasteiger partial charge in [0, 0.05) is 39.9 Å². The molecule has 1 aromatic rings. The molecular formula is C16H28N2O2. The minimum atomic E-state index is 0.343. The number of ether oxygens (including phenoxy) is 2. The summed E-state index contributed by atoms with van der Waals surface area (Å²) in [6.45, 7) is 7.41. The van der Waals surface area contributed by atoms with E-state index in [0.717, 1.165) is 39.4 Å². The van der Waals surface area contributed by atoms with Gasteiger partial charge in [0.15, 0.2) is 0 Å². The van der Waals surface area contributed by atoms with E-state index < -0.39 is 0 Å². The van der Waals surface area contributed by atoms with Gasteiger partial charge in [0.1, 0.15) is 0 Å². The largest absolute Gasteiger partial charge is 0.383 e. The van der Waals surface area contributed by atoms with Crippen LogP contribution in [-0.4, -0.2) is 58.5 Å². The zero-order chi connectivity index (χ0) is 14.6. The summed E-state index contributed by atoms with van der Waals surface area (Å²) in [6, 6.07) is 10.9. The topological polar surface area (TPSA) is 33.7 Å². The summed E-state index contributed by atoms with van der Waals surface area (Å²) in [5.41, 5.74) is 1.33. The molecule has 0 fully saturated rings. The number of rotatable bonds is 11. The molecule has 1 atom stereocenters. The maximum Gasteiger partial charge on any atom is 0.0589 e. The Kier molecular flexibility index (Phi) is 9.24. The lowest BCUT2D eigenvalue weighted by Gasteiger charge is -2.28. The van der Waals surface area contributed by atoms with Crippen LogP contribution in [0, 0.1) is 0 Å². The number of nitrogens with zero attached hydrogens (tertiary/aromatic N) is 1. The monoisotopic (exact) mass is 280 g/mol. The molecule has 0 saturated heterocycles. The molecule has 20 heavy (non-hydrogen) atoms. The number of nitrogens with one attached hydrogen (secondary N) is 1. The van der Waals surface area contributed by atoms with E-state index in [-0.39, 0.29) is 0 Å². The zero-order valence-corrected chi connectivity index (χ0v) is 13.0. The van der Waals surface area contributed by atoms with Crippen LogP contribution in [-0.2, 0) is 9.47 Å². The van der Waals surface area contributed by atoms with Crippen LogP contribution in [0.15, 0.2) is 30.3 Å². The highest BCUT2D eigenvalue weighted by molar-refractivity contribution is 5.19. The third-order valence-electron chi connectivity index (χ3n) is 3.32. The van der Waals surface area contributed by atoms with E-state index in [4.69, 9.17) is 9.47 Å². The van der Waals surface area contributed by atoms with Crippen molar-refractivity contribution in [3.63, 3.8) is 0 Å². The van der Waals surface area contributed by atoms with Crippen LogP contribution in [0.25, 0.3) is 0 Å². The molecule has 0 saturated carbocycles. The van der Waals surface area contributed by atoms with E-state index in [1.165, 1.54) is 5.56 Å². The molecule has 0 amide bonds. The van der Waals surface area contributed by atoms with Crippen molar-refractivity contribution in [2.45, 2.75) is 13.0 Å². The molecule has 1 aromatic carbocycles. The summed E-state index contributed by atoms with van der Waals surface area (Å²) in [5, 5.41) is 3.56. The molecule has 114 valence electrons. The van der Waals surface area contributed by atoms with Crippen molar-refractivity contribution in [1.82, 2.24) is 10.2 Å². The Morgan fingerprint density at radius 1 is 1.05 bits per heavy atom. The predicted octanol–water partition coefficient (Wildman–Crippen LogP) is 1.93. The second kappa shape index (κ2) is 10.8. The Morgan fingerprint density at radius 3 is 2.15 bits per heavy atom. The first-order valence-corrected chi connectivity index (χ1v) is 7.30. The molecule has 0 radical (unpaired) electrons. The van der Waals surface area contributed by atoms with Gasteiger partial charge in [-0.3, -0.25) is 4.90 Å². The summed E-state index contributed by atoms with van der Waals surface area (Å²) in [5.74, 6) is 0. The van der Waals surface area contributed by atoms with Gasteiger partial charge >= 0.3 is 0 Å². The summed E-state index contributed by atoms with van der Waals surface area (Å²) in [7, 11) is 3.49. The third kappa shape index (κ3) is 6.48. The van der Waals surface area contributed by atoms with Gasteiger partial charge in [-0.1, -0.05) is 37.3 Å². The minimum absolute atomic E-state index is 0.343. The lowest BCUT2D eigenvalue weighted by molar-refractivity contribution is 0.108. The Labute approximate surface area is 123 Å². The lowest BCUT2D eigenvalue weighted by atomic mass is 10.1. The molecule has 1 N–H and O–H groups in total. The van der Waals surface area contributed by atoms with Gasteiger partial charge in [0.25, 0.3) is 0 Å². The molecule has 0 aliphatic rings. The van der Waals surface area contributed by atoms with Gasteiger partial charge in [0.05, 0.1) is 13.2 Å². The van der Waals surface area contributed by atoms with Gasteiger partial charge in [-0.05, 0) is 12.1 Å². The number of hydrogen-bond donors (Lipinski definition) is 1. The second-order valence-corrected chi connectivity index (χ2v) is 4.81. The standard InChI is InChI=1S/C16H28N2O2/c1-4-17-16(15-8-6-5-7-9-15)14-18(10-12-19-2)11-13-20-3/h5-9,16-17H,4,10-14H2,1-3H3. The van der Waals surface area contributed by atoms with Gasteiger partial charge in [-0.2, -0.15) is 0 Å². The summed E-state index contributed by atoms with van der Waals surface area (Å²) >= 11 is 0. The molecule has 4 nitrogen and oxygen atoms in total. The maximum absolute atomic E-state index is 5.20. The van der Waals surface area contributed by atoms with Crippen LogP contribution in [0.4, 0.5) is 0 Å². The Morgan fingerprint density at radius 2 is 1.65 bits per heavy atom. The minimum Gasteiger partial charge on any atom is -0.383 e. The van der Waals surface area contributed by atoms with Crippen molar-refractivity contribution in [3.8, 4) is 0 Å². The van der Waals surface area contributed by atoms with E-state index in [2.05, 4.69) is 47.5 Å². The van der Waals surface area contributed by atoms with Crippen LogP contribution in [0.1, 0.15) is 18.5 Å². The smallest absolute Gasteiger partial charge is 0.0589 e. The van der Waals surface area contributed by atoms with Crippen LogP contribution in [0.2, 0.25) is 0 Å². The van der Waals surface area contributed by atoms with Crippen LogP contribution in [0.5, 0.6) is 0 Å². The molecule has 0 aromatic heterocycles. The van der Waals surface area contributed by atoms with Crippen molar-refractivity contribution < 1.29 is 9.47 Å². The Bertz CT molecular complexity index is 325. The van der Waals surface area contributed by atoms with Crippen LogP contribution < -0.4 is 5.32 Å². The highest BCUT2D eigenvalue weighted by Gasteiger charge is 2.14. The molecule has 1 rings (SSSR count). The van der Waals surface area contributed by atoms with E-state index >= 15 is 0 Å². The van der Waals surface area contributed by atoms with Gasteiger partial charge in [-0.25, -0.2) is 0 Å². The van der Waals surface area contributed by atoms with E-state index in [1.54, 1.807) is 14.2 Å². The molecule has 4 heteroatoms. The maximum atomic E-state index is 5.20. The van der Waals surface area contributed by atoms with E-state index in [1.807, 2.05) is 0 Å². The second-order valence-electron chi connectivity index (χ2n) is 4.81. The lowest BCUT2D eigenvalue weighted by Crippen LogP contribution is -2.38. The highest BCUT2D eigenvalue weighted by Crippen LogP contribution is 2.14. The van der Waals surface area contributed by atoms with Crippen molar-refractivity contribution in [2.24, 2.45) is 0 Å². The SMILES string of the molecule is CCNC(CN(CCOC)CCOC)c1ccccc1. The average Bonchev–Trinajstić information content (AvgIpc) is 2.50. The Balaban J connectivity index is 2.63. The summed E-state index contributed by atoms with van der Waals surface area (Å²) in [4.78, 5) is 2.38. The van der Waals surface area contributed by atoms with Crippen LogP contribution >= 0.6 is 0 Å². The number of methoxy groups -OCH3 is 2. The van der Waals surface area contributed by atoms with Crippen molar-refractivity contribution in [1.29, 1.82) is 0 Å². The third-order valence-corrected chi connectivity index (χ3v) is 3.32. The fraction of sp³-hybridized carbons (Fsp3) is 0.625. The first-order valence-electron chi connectivity index (χ1n) is 7.30. The first-order chi connectivity index (χ1) is 9.81. The zero-order valence-electron chi connectivity index (χ0n) is 13.0. The molecule has 0 spiro atoms. The molecule has 0 heterocycles. The molecule has 0 aliphatic carbocycles. The Hall–Kier alpha value is -0.940. The van der Waals surface area contributed by atoms with E-state index in [0.29, 0.717) is 6.04 Å². The average molecular weight is 280 g/mol. The molecule has 0 bridgehead atoms. The molecular weight excluding hydrogens is 252 g/mol. The number of hydrogen-bond acceptors (Lipinski definition) is 4. The van der Waals surface area contributed by atoms with Crippen molar-refractivity contribution in [3.05, 3.63) is 35.9 Å². The highest BCUT2D eigenvalue weighted by atomic mass is 16.5. The number of benzene rings is 1. The van der Waals surface area contributed by atoms with Crippen LogP contribution in [0.3, 0.4) is 0 Å². The molecule has 1 unspecified atom stereocenters. The number of likely N-dealkylation sites (N-methyl/N-ethyl adjacent to an activating group) is 1.